The molecule has 0 saturated heterocycles. The number of rotatable bonds is 2. The van der Waals surface area contributed by atoms with Gasteiger partial charge in [-0.05, 0) is 44.9 Å². The van der Waals surface area contributed by atoms with E-state index < -0.39 is 11.0 Å². The minimum Gasteiger partial charge on any atom is -0.459 e. The average molecular weight is 276 g/mol. The molecule has 1 heterocycles. The minimum absolute atomic E-state index is 0.229. The number of hydrogen-bond acceptors (Lipinski definition) is 4. The lowest BCUT2D eigenvalue weighted by Gasteiger charge is -2.31. The second kappa shape index (κ2) is 4.77. The first kappa shape index (κ1) is 14.9. The molecule has 0 spiro atoms. The second-order valence-electron chi connectivity index (χ2n) is 6.61. The van der Waals surface area contributed by atoms with Crippen LogP contribution in [0, 0.1) is 6.92 Å². The Balaban J connectivity index is 2.52. The smallest absolute Gasteiger partial charge is 0.320 e. The molecule has 0 aliphatic carbocycles. The van der Waals surface area contributed by atoms with Crippen molar-refractivity contribution in [3.8, 4) is 0 Å². The van der Waals surface area contributed by atoms with Crippen molar-refractivity contribution in [2.24, 2.45) is 5.73 Å². The minimum atomic E-state index is -0.761. The molecule has 1 aliphatic rings. The zero-order valence-electron chi connectivity index (χ0n) is 13.0. The van der Waals surface area contributed by atoms with Crippen LogP contribution in [0.2, 0.25) is 0 Å². The summed E-state index contributed by atoms with van der Waals surface area (Å²) in [5.41, 5.74) is 7.91. The topological polar surface area (TPSA) is 55.6 Å². The van der Waals surface area contributed by atoms with Crippen molar-refractivity contribution in [1.29, 1.82) is 0 Å². The van der Waals surface area contributed by atoms with E-state index in [0.717, 1.165) is 16.8 Å². The molecular formula is C16H24N2O2. The number of nitrogens with zero attached hydrogens (tertiary/aromatic N) is 1. The quantitative estimate of drug-likeness (QED) is 0.839. The van der Waals surface area contributed by atoms with Crippen molar-refractivity contribution in [2.45, 2.75) is 38.7 Å². The number of ether oxygens (including phenoxy) is 1. The Labute approximate surface area is 120 Å². The van der Waals surface area contributed by atoms with Gasteiger partial charge in [0.1, 0.15) is 11.0 Å². The molecule has 0 aromatic heterocycles. The summed E-state index contributed by atoms with van der Waals surface area (Å²) in [5.74, 6) is -0.229. The van der Waals surface area contributed by atoms with E-state index in [4.69, 9.17) is 10.5 Å². The van der Waals surface area contributed by atoms with Crippen LogP contribution in [0.4, 0.5) is 5.69 Å². The van der Waals surface area contributed by atoms with Gasteiger partial charge in [-0.2, -0.15) is 0 Å². The lowest BCUT2D eigenvalue weighted by molar-refractivity contribution is -0.161. The van der Waals surface area contributed by atoms with Gasteiger partial charge >= 0.3 is 5.97 Å². The summed E-state index contributed by atoms with van der Waals surface area (Å²) in [6.07, 6.45) is 0. The molecule has 0 bridgehead atoms. The van der Waals surface area contributed by atoms with Crippen LogP contribution in [0.15, 0.2) is 18.2 Å². The van der Waals surface area contributed by atoms with Crippen LogP contribution in [0.1, 0.15) is 31.9 Å². The van der Waals surface area contributed by atoms with E-state index in [1.54, 1.807) is 0 Å². The number of anilines is 1. The van der Waals surface area contributed by atoms with Gasteiger partial charge in [0.05, 0.1) is 0 Å². The number of carbonyl (C=O) groups is 1. The Morgan fingerprint density at radius 3 is 2.65 bits per heavy atom. The summed E-state index contributed by atoms with van der Waals surface area (Å²) in [6, 6.07) is 6.06. The fourth-order valence-electron chi connectivity index (χ4n) is 2.95. The number of esters is 1. The number of fused-ring (bicyclic) bond motifs is 1. The Hall–Kier alpha value is -1.55. The molecule has 1 atom stereocenters. The third-order valence-corrected chi connectivity index (χ3v) is 3.79. The molecule has 1 aliphatic heterocycles. The third-order valence-electron chi connectivity index (χ3n) is 3.79. The molecule has 20 heavy (non-hydrogen) atoms. The highest BCUT2D eigenvalue weighted by molar-refractivity contribution is 5.90. The van der Waals surface area contributed by atoms with Crippen LogP contribution in [-0.4, -0.2) is 31.7 Å². The summed E-state index contributed by atoms with van der Waals surface area (Å²) in [7, 11) is 1.99. The van der Waals surface area contributed by atoms with Crippen LogP contribution in [0.3, 0.4) is 0 Å². The number of likely N-dealkylation sites (N-methyl/N-ethyl adjacent to an activating group) is 1. The molecular weight excluding hydrogens is 252 g/mol. The first-order chi connectivity index (χ1) is 9.21. The highest BCUT2D eigenvalue weighted by Gasteiger charge is 2.49. The molecule has 110 valence electrons. The lowest BCUT2D eigenvalue weighted by Crippen LogP contribution is -2.49. The molecule has 2 rings (SSSR count). The fourth-order valence-corrected chi connectivity index (χ4v) is 2.95. The van der Waals surface area contributed by atoms with E-state index >= 15 is 0 Å². The fraction of sp³-hybridized carbons (Fsp3) is 0.562. The van der Waals surface area contributed by atoms with Crippen LogP contribution in [0.5, 0.6) is 0 Å². The monoisotopic (exact) mass is 276 g/mol. The number of aryl methyl sites for hydroxylation is 1. The first-order valence-electron chi connectivity index (χ1n) is 6.96. The molecule has 2 N–H and O–H groups in total. The van der Waals surface area contributed by atoms with Crippen LogP contribution < -0.4 is 10.6 Å². The number of nitrogens with two attached hydrogens (primary N) is 1. The van der Waals surface area contributed by atoms with E-state index in [1.165, 1.54) is 0 Å². The SMILES string of the molecule is Cc1cccc2c1C(CN)(C(=O)OC(C)(C)C)CN2C. The van der Waals surface area contributed by atoms with Gasteiger partial charge in [0, 0.05) is 25.8 Å². The van der Waals surface area contributed by atoms with Gasteiger partial charge in [-0.3, -0.25) is 4.79 Å². The molecule has 1 unspecified atom stereocenters. The van der Waals surface area contributed by atoms with Crippen LogP contribution >= 0.6 is 0 Å². The molecule has 0 radical (unpaired) electrons. The van der Waals surface area contributed by atoms with Crippen molar-refractivity contribution in [3.63, 3.8) is 0 Å². The Morgan fingerprint density at radius 2 is 2.10 bits per heavy atom. The molecule has 1 aromatic rings. The van der Waals surface area contributed by atoms with Gasteiger partial charge in [0.25, 0.3) is 0 Å². The Morgan fingerprint density at radius 1 is 1.45 bits per heavy atom. The lowest BCUT2D eigenvalue weighted by atomic mass is 9.80. The first-order valence-corrected chi connectivity index (χ1v) is 6.96. The normalized spacial score (nSPS) is 21.8. The molecule has 0 amide bonds. The summed E-state index contributed by atoms with van der Waals surface area (Å²) in [6.45, 7) is 8.49. The maximum atomic E-state index is 12.7. The number of carbonyl (C=O) groups excluding carboxylic acids is 1. The van der Waals surface area contributed by atoms with E-state index in [1.807, 2.05) is 52.9 Å². The molecule has 1 aromatic carbocycles. The van der Waals surface area contributed by atoms with E-state index in [9.17, 15) is 4.79 Å². The van der Waals surface area contributed by atoms with Gasteiger partial charge in [-0.15, -0.1) is 0 Å². The molecule has 0 fully saturated rings. The zero-order valence-corrected chi connectivity index (χ0v) is 13.0. The van der Waals surface area contributed by atoms with Gasteiger partial charge in [0.2, 0.25) is 0 Å². The van der Waals surface area contributed by atoms with Crippen molar-refractivity contribution in [2.75, 3.05) is 25.0 Å². The van der Waals surface area contributed by atoms with Crippen molar-refractivity contribution in [3.05, 3.63) is 29.3 Å². The highest BCUT2D eigenvalue weighted by atomic mass is 16.6. The predicted molar refractivity (Wildman–Crippen MR) is 81.0 cm³/mol. The second-order valence-corrected chi connectivity index (χ2v) is 6.61. The molecule has 0 saturated carbocycles. The highest BCUT2D eigenvalue weighted by Crippen LogP contribution is 2.42. The van der Waals surface area contributed by atoms with Gasteiger partial charge in [-0.1, -0.05) is 12.1 Å². The molecule has 4 nitrogen and oxygen atoms in total. The number of benzene rings is 1. The van der Waals surface area contributed by atoms with Crippen LogP contribution in [-0.2, 0) is 14.9 Å². The van der Waals surface area contributed by atoms with E-state index in [-0.39, 0.29) is 12.5 Å². The van der Waals surface area contributed by atoms with Crippen LogP contribution in [0.25, 0.3) is 0 Å². The third kappa shape index (κ3) is 2.29. The van der Waals surface area contributed by atoms with E-state index in [0.29, 0.717) is 6.54 Å². The van der Waals surface area contributed by atoms with Crippen molar-refractivity contribution >= 4 is 11.7 Å². The largest absolute Gasteiger partial charge is 0.459 e. The maximum absolute atomic E-state index is 12.7. The summed E-state index contributed by atoms with van der Waals surface area (Å²) < 4.78 is 5.63. The average Bonchev–Trinajstić information content (AvgIpc) is 2.63. The van der Waals surface area contributed by atoms with Gasteiger partial charge < -0.3 is 15.4 Å². The molecule has 4 heteroatoms. The summed E-state index contributed by atoms with van der Waals surface area (Å²) in [5, 5.41) is 0. The summed E-state index contributed by atoms with van der Waals surface area (Å²) >= 11 is 0. The zero-order chi connectivity index (χ0) is 15.1. The Bertz CT molecular complexity index is 534. The standard InChI is InChI=1S/C16H24N2O2/c1-11-7-6-8-12-13(11)16(9-17,10-18(12)5)14(19)20-15(2,3)4/h6-8H,9-10,17H2,1-5H3. The summed E-state index contributed by atoms with van der Waals surface area (Å²) in [4.78, 5) is 14.8. The van der Waals surface area contributed by atoms with E-state index in [2.05, 4.69) is 4.90 Å². The van der Waals surface area contributed by atoms with Crippen molar-refractivity contribution < 1.29 is 9.53 Å². The number of hydrogen-bond donors (Lipinski definition) is 1. The Kier molecular flexibility index (Phi) is 3.54. The predicted octanol–water partition coefficient (Wildman–Crippen LogP) is 1.98. The van der Waals surface area contributed by atoms with Gasteiger partial charge in [0.15, 0.2) is 0 Å². The van der Waals surface area contributed by atoms with Crippen molar-refractivity contribution in [1.82, 2.24) is 0 Å². The maximum Gasteiger partial charge on any atom is 0.320 e. The van der Waals surface area contributed by atoms with Gasteiger partial charge in [-0.25, -0.2) is 0 Å².